The van der Waals surface area contributed by atoms with Gasteiger partial charge in [-0.05, 0) is 43.8 Å². The second-order valence-electron chi connectivity index (χ2n) is 6.79. The van der Waals surface area contributed by atoms with E-state index >= 15 is 0 Å². The summed E-state index contributed by atoms with van der Waals surface area (Å²) in [5.74, 6) is 0. The van der Waals surface area contributed by atoms with E-state index in [1.54, 1.807) is 0 Å². The van der Waals surface area contributed by atoms with Crippen molar-refractivity contribution < 1.29 is 0 Å². The minimum atomic E-state index is 0.415. The van der Waals surface area contributed by atoms with Crippen molar-refractivity contribution in [3.8, 4) is 0 Å². The largest absolute Gasteiger partial charge is 0.317 e. The van der Waals surface area contributed by atoms with Crippen molar-refractivity contribution in [2.75, 3.05) is 33.2 Å². The maximum atomic E-state index is 3.44. The van der Waals surface area contributed by atoms with Crippen LogP contribution in [0.1, 0.15) is 40.5 Å². The van der Waals surface area contributed by atoms with Gasteiger partial charge in [0, 0.05) is 13.1 Å². The summed E-state index contributed by atoms with van der Waals surface area (Å²) in [4.78, 5) is 2.51. The molecule has 0 radical (unpaired) electrons. The highest BCUT2D eigenvalue weighted by molar-refractivity contribution is 4.83. The molecule has 2 nitrogen and oxygen atoms in total. The molecule has 0 atom stereocenters. The lowest BCUT2D eigenvalue weighted by Crippen LogP contribution is -2.43. The molecule has 0 bridgehead atoms. The van der Waals surface area contributed by atoms with Crippen LogP contribution in [0.2, 0.25) is 0 Å². The van der Waals surface area contributed by atoms with Crippen LogP contribution in [0.5, 0.6) is 0 Å². The van der Waals surface area contributed by atoms with Gasteiger partial charge in [-0.15, -0.1) is 0 Å². The molecule has 0 spiro atoms. The van der Waals surface area contributed by atoms with E-state index in [1.807, 2.05) is 0 Å². The fraction of sp³-hybridized carbons (Fsp3) is 1.00. The van der Waals surface area contributed by atoms with Gasteiger partial charge in [-0.2, -0.15) is 0 Å². The average Bonchev–Trinajstić information content (AvgIpc) is 1.99. The molecule has 0 amide bonds. The SMILES string of the molecule is CN(CC(C)(C)C)CC1(C)CCNCC1. The van der Waals surface area contributed by atoms with Crippen LogP contribution >= 0.6 is 0 Å². The molecule has 90 valence electrons. The van der Waals surface area contributed by atoms with Gasteiger partial charge >= 0.3 is 0 Å². The summed E-state index contributed by atoms with van der Waals surface area (Å²) >= 11 is 0. The van der Waals surface area contributed by atoms with Crippen molar-refractivity contribution in [1.82, 2.24) is 10.2 Å². The van der Waals surface area contributed by atoms with Gasteiger partial charge in [0.15, 0.2) is 0 Å². The first-order chi connectivity index (χ1) is 6.81. The number of rotatable bonds is 3. The maximum absolute atomic E-state index is 3.44. The first-order valence-corrected chi connectivity index (χ1v) is 6.20. The van der Waals surface area contributed by atoms with E-state index in [0.717, 1.165) is 0 Å². The Morgan fingerprint density at radius 3 is 2.20 bits per heavy atom. The van der Waals surface area contributed by atoms with Crippen molar-refractivity contribution in [2.24, 2.45) is 10.8 Å². The quantitative estimate of drug-likeness (QED) is 0.772. The average molecular weight is 212 g/mol. The van der Waals surface area contributed by atoms with Crippen LogP contribution in [0, 0.1) is 10.8 Å². The molecule has 1 rings (SSSR count). The van der Waals surface area contributed by atoms with E-state index in [1.165, 1.54) is 39.0 Å². The summed E-state index contributed by atoms with van der Waals surface area (Å²) in [5.41, 5.74) is 0.948. The number of nitrogens with one attached hydrogen (secondary N) is 1. The molecule has 15 heavy (non-hydrogen) atoms. The summed E-state index contributed by atoms with van der Waals surface area (Å²) in [6.07, 6.45) is 2.64. The van der Waals surface area contributed by atoms with Crippen molar-refractivity contribution in [2.45, 2.75) is 40.5 Å². The van der Waals surface area contributed by atoms with Crippen molar-refractivity contribution in [3.05, 3.63) is 0 Å². The summed E-state index contributed by atoms with van der Waals surface area (Å²) in [6, 6.07) is 0. The van der Waals surface area contributed by atoms with Gasteiger partial charge in [-0.3, -0.25) is 0 Å². The molecule has 1 aliphatic heterocycles. The molecule has 0 unspecified atom stereocenters. The Hall–Kier alpha value is -0.0800. The number of piperidine rings is 1. The third-order valence-electron chi connectivity index (χ3n) is 3.21. The van der Waals surface area contributed by atoms with Gasteiger partial charge in [0.25, 0.3) is 0 Å². The van der Waals surface area contributed by atoms with Gasteiger partial charge < -0.3 is 10.2 Å². The molecule has 1 heterocycles. The zero-order chi connectivity index (χ0) is 11.5. The Kier molecular flexibility index (Phi) is 4.19. The summed E-state index contributed by atoms with van der Waals surface area (Å²) in [6.45, 7) is 14.2. The molecule has 1 saturated heterocycles. The van der Waals surface area contributed by atoms with Crippen molar-refractivity contribution in [1.29, 1.82) is 0 Å². The Morgan fingerprint density at radius 2 is 1.73 bits per heavy atom. The second kappa shape index (κ2) is 4.84. The van der Waals surface area contributed by atoms with E-state index in [9.17, 15) is 0 Å². The smallest absolute Gasteiger partial charge is 0.00335 e. The molecular formula is C13H28N2. The molecule has 1 aliphatic rings. The minimum absolute atomic E-state index is 0.415. The molecular weight excluding hydrogens is 184 g/mol. The van der Waals surface area contributed by atoms with Crippen LogP contribution < -0.4 is 5.32 Å². The van der Waals surface area contributed by atoms with Gasteiger partial charge in [0.1, 0.15) is 0 Å². The molecule has 1 N–H and O–H groups in total. The van der Waals surface area contributed by atoms with Gasteiger partial charge in [-0.1, -0.05) is 27.7 Å². The van der Waals surface area contributed by atoms with E-state index in [2.05, 4.69) is 45.0 Å². The van der Waals surface area contributed by atoms with Crippen LogP contribution in [0.25, 0.3) is 0 Å². The maximum Gasteiger partial charge on any atom is 0.00335 e. The van der Waals surface area contributed by atoms with E-state index in [0.29, 0.717) is 10.8 Å². The van der Waals surface area contributed by atoms with E-state index in [4.69, 9.17) is 0 Å². The molecule has 2 heteroatoms. The number of hydrogen-bond donors (Lipinski definition) is 1. The van der Waals surface area contributed by atoms with Crippen LogP contribution in [-0.2, 0) is 0 Å². The van der Waals surface area contributed by atoms with E-state index < -0.39 is 0 Å². The summed E-state index contributed by atoms with van der Waals surface area (Å²) < 4.78 is 0. The third kappa shape index (κ3) is 4.98. The van der Waals surface area contributed by atoms with E-state index in [-0.39, 0.29) is 0 Å². The van der Waals surface area contributed by atoms with Crippen LogP contribution in [0.15, 0.2) is 0 Å². The number of hydrogen-bond acceptors (Lipinski definition) is 2. The number of nitrogens with zero attached hydrogens (tertiary/aromatic N) is 1. The fourth-order valence-corrected chi connectivity index (χ4v) is 2.71. The van der Waals surface area contributed by atoms with Gasteiger partial charge in [-0.25, -0.2) is 0 Å². The standard InChI is InChI=1S/C13H28N2/c1-12(2,3)10-15(5)11-13(4)6-8-14-9-7-13/h14H,6-11H2,1-5H3. The lowest BCUT2D eigenvalue weighted by molar-refractivity contribution is 0.121. The van der Waals surface area contributed by atoms with Crippen molar-refractivity contribution >= 4 is 0 Å². The first kappa shape index (κ1) is 13.0. The lowest BCUT2D eigenvalue weighted by atomic mass is 9.80. The Bertz CT molecular complexity index is 187. The summed E-state index contributed by atoms with van der Waals surface area (Å²) in [5, 5.41) is 3.44. The summed E-state index contributed by atoms with van der Waals surface area (Å²) in [7, 11) is 2.26. The second-order valence-corrected chi connectivity index (χ2v) is 6.79. The lowest BCUT2D eigenvalue weighted by Gasteiger charge is -2.39. The monoisotopic (exact) mass is 212 g/mol. The molecule has 1 fully saturated rings. The normalized spacial score (nSPS) is 22.0. The first-order valence-electron chi connectivity index (χ1n) is 6.20. The van der Waals surface area contributed by atoms with Crippen LogP contribution in [0.4, 0.5) is 0 Å². The van der Waals surface area contributed by atoms with Gasteiger partial charge in [0.05, 0.1) is 0 Å². The zero-order valence-corrected chi connectivity index (χ0v) is 11.2. The molecule has 0 saturated carbocycles. The van der Waals surface area contributed by atoms with Crippen LogP contribution in [0.3, 0.4) is 0 Å². The highest BCUT2D eigenvalue weighted by Crippen LogP contribution is 2.29. The predicted octanol–water partition coefficient (Wildman–Crippen LogP) is 2.35. The molecule has 0 aromatic carbocycles. The van der Waals surface area contributed by atoms with Crippen molar-refractivity contribution in [3.63, 3.8) is 0 Å². The predicted molar refractivity (Wildman–Crippen MR) is 67.2 cm³/mol. The Balaban J connectivity index is 2.38. The molecule has 0 aromatic heterocycles. The molecule has 0 aliphatic carbocycles. The highest BCUT2D eigenvalue weighted by Gasteiger charge is 2.28. The Morgan fingerprint density at radius 1 is 1.20 bits per heavy atom. The van der Waals surface area contributed by atoms with Gasteiger partial charge in [0.2, 0.25) is 0 Å². The fourth-order valence-electron chi connectivity index (χ4n) is 2.71. The molecule has 0 aromatic rings. The third-order valence-corrected chi connectivity index (χ3v) is 3.21. The highest BCUT2D eigenvalue weighted by atomic mass is 15.1. The minimum Gasteiger partial charge on any atom is -0.317 e. The van der Waals surface area contributed by atoms with Crippen LogP contribution in [-0.4, -0.2) is 38.1 Å². The zero-order valence-electron chi connectivity index (χ0n) is 11.2. The topological polar surface area (TPSA) is 15.3 Å². The Labute approximate surface area is 95.4 Å².